The van der Waals surface area contributed by atoms with Crippen LogP contribution >= 0.6 is 11.8 Å². The third-order valence-corrected chi connectivity index (χ3v) is 6.12. The summed E-state index contributed by atoms with van der Waals surface area (Å²) in [6.07, 6.45) is -9.55. The lowest BCUT2D eigenvalue weighted by atomic mass is 9.84. The fourth-order valence-corrected chi connectivity index (χ4v) is 4.00. The number of hydrogen-bond acceptors (Lipinski definition) is 4. The molecule has 0 bridgehead atoms. The molecule has 0 saturated carbocycles. The largest absolute Gasteiger partial charge is 0.508 e. The van der Waals surface area contributed by atoms with Crippen LogP contribution in [0.1, 0.15) is 43.0 Å². The Bertz CT molecular complexity index is 1040. The molecule has 0 aliphatic carbocycles. The molecule has 2 aromatic carbocycles. The molecule has 0 fully saturated rings. The average Bonchev–Trinajstić information content (AvgIpc) is 2.76. The normalized spacial score (nSPS) is 14.4. The SMILES string of the molecule is C=C(/C(SCc1ccc(O)c(C)c1)=C(/N)C(F)(F)F)C(C)(N)c1cccc(C(F)(F)F)c1.CC. The molecule has 0 amide bonds. The molecule has 0 aromatic heterocycles. The Labute approximate surface area is 199 Å². The molecular weight excluding hydrogens is 478 g/mol. The van der Waals surface area contributed by atoms with Gasteiger partial charge in [-0.15, -0.1) is 11.8 Å². The van der Waals surface area contributed by atoms with Crippen LogP contribution in [0.3, 0.4) is 0 Å². The molecule has 1 atom stereocenters. The number of alkyl halides is 6. The van der Waals surface area contributed by atoms with Gasteiger partial charge in [0.25, 0.3) is 0 Å². The summed E-state index contributed by atoms with van der Waals surface area (Å²) in [5.41, 5.74) is 8.20. The maximum absolute atomic E-state index is 13.5. The maximum atomic E-state index is 13.5. The number of nitrogens with two attached hydrogens (primary N) is 2. The van der Waals surface area contributed by atoms with Gasteiger partial charge in [-0.05, 0) is 54.3 Å². The Morgan fingerprint density at radius 3 is 2.06 bits per heavy atom. The Kier molecular flexibility index (Phi) is 9.72. The summed E-state index contributed by atoms with van der Waals surface area (Å²) in [7, 11) is 0. The summed E-state index contributed by atoms with van der Waals surface area (Å²) in [5, 5.41) is 9.62. The van der Waals surface area contributed by atoms with Crippen LogP contribution in [0, 0.1) is 6.92 Å². The summed E-state index contributed by atoms with van der Waals surface area (Å²) in [6.45, 7) is 10.6. The van der Waals surface area contributed by atoms with E-state index in [1.165, 1.54) is 25.1 Å². The number of aryl methyl sites for hydroxylation is 1. The van der Waals surface area contributed by atoms with Gasteiger partial charge in [0, 0.05) is 10.7 Å². The molecule has 188 valence electrons. The van der Waals surface area contributed by atoms with Crippen LogP contribution in [0.15, 0.2) is 65.2 Å². The quantitative estimate of drug-likeness (QED) is 0.288. The van der Waals surface area contributed by atoms with E-state index in [2.05, 4.69) is 6.58 Å². The molecule has 10 heteroatoms. The molecule has 3 nitrogen and oxygen atoms in total. The zero-order valence-corrected chi connectivity index (χ0v) is 20.1. The van der Waals surface area contributed by atoms with Gasteiger partial charge in [-0.3, -0.25) is 0 Å². The zero-order valence-electron chi connectivity index (χ0n) is 19.2. The molecule has 0 heterocycles. The van der Waals surface area contributed by atoms with E-state index in [9.17, 15) is 31.4 Å². The maximum Gasteiger partial charge on any atom is 0.431 e. The van der Waals surface area contributed by atoms with Crippen molar-refractivity contribution in [1.82, 2.24) is 0 Å². The van der Waals surface area contributed by atoms with Crippen LogP contribution in [0.2, 0.25) is 0 Å². The van der Waals surface area contributed by atoms with Gasteiger partial charge in [0.2, 0.25) is 0 Å². The standard InChI is InChI=1S/C22H22F6N2OS.C2H6/c1-12-9-14(7-8-17(12)31)11-32-18(19(29)22(26,27)28)13(2)20(3,30)15-5-4-6-16(10-15)21(23,24)25;1-2/h4-10,31H,2,11,29-30H2,1,3H3;1-2H3/b19-18-;. The molecule has 0 radical (unpaired) electrons. The molecule has 5 N–H and O–H groups in total. The van der Waals surface area contributed by atoms with Crippen molar-refractivity contribution >= 4 is 11.8 Å². The van der Waals surface area contributed by atoms with E-state index in [1.54, 1.807) is 13.0 Å². The molecule has 2 rings (SSSR count). The van der Waals surface area contributed by atoms with E-state index in [0.717, 1.165) is 18.2 Å². The van der Waals surface area contributed by atoms with Crippen molar-refractivity contribution in [2.24, 2.45) is 11.5 Å². The lowest BCUT2D eigenvalue weighted by Crippen LogP contribution is -2.37. The second kappa shape index (κ2) is 11.2. The van der Waals surface area contributed by atoms with Gasteiger partial charge < -0.3 is 16.6 Å². The van der Waals surface area contributed by atoms with Gasteiger partial charge in [-0.2, -0.15) is 26.3 Å². The Balaban J connectivity index is 0.00000281. The van der Waals surface area contributed by atoms with Crippen molar-refractivity contribution in [3.8, 4) is 5.75 Å². The van der Waals surface area contributed by atoms with E-state index in [4.69, 9.17) is 11.5 Å². The van der Waals surface area contributed by atoms with Gasteiger partial charge in [-0.1, -0.05) is 44.7 Å². The summed E-state index contributed by atoms with van der Waals surface area (Å²) < 4.78 is 79.7. The molecular formula is C24H28F6N2OS. The number of halogens is 6. The third-order valence-electron chi connectivity index (χ3n) is 4.88. The van der Waals surface area contributed by atoms with Gasteiger partial charge in [0.15, 0.2) is 0 Å². The second-order valence-corrected chi connectivity index (χ2v) is 8.40. The first-order valence-electron chi connectivity index (χ1n) is 10.2. The fourth-order valence-electron chi connectivity index (χ4n) is 2.85. The molecule has 0 aliphatic heterocycles. The summed E-state index contributed by atoms with van der Waals surface area (Å²) in [4.78, 5) is -0.467. The highest BCUT2D eigenvalue weighted by Crippen LogP contribution is 2.42. The van der Waals surface area contributed by atoms with Crippen molar-refractivity contribution in [2.45, 2.75) is 51.3 Å². The van der Waals surface area contributed by atoms with Crippen LogP contribution in [-0.4, -0.2) is 11.3 Å². The Hall–Kier alpha value is -2.59. The monoisotopic (exact) mass is 506 g/mol. The van der Waals surface area contributed by atoms with Crippen molar-refractivity contribution in [1.29, 1.82) is 0 Å². The first kappa shape index (κ1) is 29.4. The number of phenolic OH excluding ortho intramolecular Hbond substituents is 1. The zero-order chi connectivity index (χ0) is 26.5. The molecule has 1 unspecified atom stereocenters. The minimum Gasteiger partial charge on any atom is -0.508 e. The first-order chi connectivity index (χ1) is 15.5. The number of thioether (sulfide) groups is 1. The van der Waals surface area contributed by atoms with Crippen molar-refractivity contribution in [3.63, 3.8) is 0 Å². The van der Waals surface area contributed by atoms with Gasteiger partial charge in [0.05, 0.1) is 11.1 Å². The van der Waals surface area contributed by atoms with Crippen LogP contribution in [0.25, 0.3) is 0 Å². The fraction of sp³-hybridized carbons (Fsp3) is 0.333. The van der Waals surface area contributed by atoms with Crippen LogP contribution in [0.5, 0.6) is 5.75 Å². The topological polar surface area (TPSA) is 72.3 Å². The lowest BCUT2D eigenvalue weighted by molar-refractivity contribution is -0.137. The average molecular weight is 507 g/mol. The third kappa shape index (κ3) is 7.20. The Morgan fingerprint density at radius 1 is 1.00 bits per heavy atom. The predicted octanol–water partition coefficient (Wildman–Crippen LogP) is 7.14. The minimum atomic E-state index is -4.90. The minimum absolute atomic E-state index is 0.0327. The molecule has 0 saturated heterocycles. The highest BCUT2D eigenvalue weighted by Gasteiger charge is 2.39. The molecule has 2 aromatic rings. The number of benzene rings is 2. The second-order valence-electron chi connectivity index (χ2n) is 7.41. The number of phenols is 1. The van der Waals surface area contributed by atoms with E-state index >= 15 is 0 Å². The summed E-state index contributed by atoms with van der Waals surface area (Å²) in [6, 6.07) is 8.57. The van der Waals surface area contributed by atoms with E-state index in [1.807, 2.05) is 13.8 Å². The van der Waals surface area contributed by atoms with Gasteiger partial charge >= 0.3 is 12.4 Å². The molecule has 34 heavy (non-hydrogen) atoms. The highest BCUT2D eigenvalue weighted by atomic mass is 32.2. The van der Waals surface area contributed by atoms with Crippen LogP contribution in [-0.2, 0) is 17.5 Å². The first-order valence-corrected chi connectivity index (χ1v) is 11.2. The Morgan fingerprint density at radius 2 is 1.56 bits per heavy atom. The lowest BCUT2D eigenvalue weighted by Gasteiger charge is -2.31. The van der Waals surface area contributed by atoms with Gasteiger partial charge in [-0.25, -0.2) is 0 Å². The van der Waals surface area contributed by atoms with E-state index in [0.29, 0.717) is 22.9 Å². The number of aromatic hydroxyl groups is 1. The summed E-state index contributed by atoms with van der Waals surface area (Å²) >= 11 is 0.715. The molecule has 0 spiro atoms. The molecule has 0 aliphatic rings. The van der Waals surface area contributed by atoms with Crippen LogP contribution < -0.4 is 11.5 Å². The van der Waals surface area contributed by atoms with Crippen molar-refractivity contribution in [2.75, 3.05) is 0 Å². The number of allylic oxidation sites excluding steroid dienone is 1. The smallest absolute Gasteiger partial charge is 0.431 e. The van der Waals surface area contributed by atoms with Gasteiger partial charge in [0.1, 0.15) is 11.4 Å². The number of hydrogen-bond donors (Lipinski definition) is 3. The summed E-state index contributed by atoms with van der Waals surface area (Å²) in [5.74, 6) is 0.0677. The van der Waals surface area contributed by atoms with Crippen molar-refractivity contribution < 1.29 is 31.4 Å². The predicted molar refractivity (Wildman–Crippen MR) is 125 cm³/mol. The van der Waals surface area contributed by atoms with E-state index < -0.39 is 34.1 Å². The van der Waals surface area contributed by atoms with E-state index in [-0.39, 0.29) is 22.6 Å². The van der Waals surface area contributed by atoms with Crippen LogP contribution in [0.4, 0.5) is 26.3 Å². The number of rotatable bonds is 6. The highest BCUT2D eigenvalue weighted by molar-refractivity contribution is 8.02. The van der Waals surface area contributed by atoms with Crippen molar-refractivity contribution in [3.05, 3.63) is 87.5 Å².